The van der Waals surface area contributed by atoms with Crippen LogP contribution in [0.3, 0.4) is 0 Å². The maximum atomic E-state index is 11.4. The van der Waals surface area contributed by atoms with E-state index in [1.54, 1.807) is 32.6 Å². The first-order chi connectivity index (χ1) is 40.5. The van der Waals surface area contributed by atoms with Crippen molar-refractivity contribution >= 4 is 64.5 Å². The van der Waals surface area contributed by atoms with Gasteiger partial charge in [-0.25, -0.2) is 20.9 Å². The average Bonchev–Trinajstić information content (AvgIpc) is 4.45. The van der Waals surface area contributed by atoms with Crippen LogP contribution in [0.5, 0.6) is 0 Å². The van der Waals surface area contributed by atoms with E-state index in [4.69, 9.17) is 18.6 Å². The number of nitrogens with one attached hydrogen (secondary N) is 6. The van der Waals surface area contributed by atoms with Crippen molar-refractivity contribution in [3.63, 3.8) is 0 Å². The van der Waals surface area contributed by atoms with E-state index >= 15 is 0 Å². The van der Waals surface area contributed by atoms with Gasteiger partial charge >= 0.3 is 0 Å². The molecule has 0 spiro atoms. The molecule has 0 aromatic carbocycles. The molecule has 0 saturated carbocycles. The van der Waals surface area contributed by atoms with Gasteiger partial charge in [0.1, 0.15) is 40.4 Å². The molecule has 488 valence electrons. The summed E-state index contributed by atoms with van der Waals surface area (Å²) < 4.78 is 25.4. The molecule has 0 aliphatic carbocycles. The van der Waals surface area contributed by atoms with E-state index in [9.17, 15) is 14.4 Å². The van der Waals surface area contributed by atoms with Crippen molar-refractivity contribution in [1.82, 2.24) is 59.8 Å². The molecule has 0 saturated heterocycles. The molecule has 6 N–H and O–H groups in total. The molecule has 25 heteroatoms. The van der Waals surface area contributed by atoms with Crippen LogP contribution in [-0.4, -0.2) is 76.9 Å². The minimum absolute atomic E-state index is 0.0972. The van der Waals surface area contributed by atoms with E-state index in [2.05, 4.69) is 170 Å². The van der Waals surface area contributed by atoms with Crippen molar-refractivity contribution in [2.75, 3.05) is 14.1 Å². The lowest BCUT2D eigenvalue weighted by Crippen LogP contribution is -2.22. The Morgan fingerprint density at radius 3 is 1.30 bits per heavy atom. The zero-order valence-electron chi connectivity index (χ0n) is 56.9. The third-order valence-corrected chi connectivity index (χ3v) is 13.5. The van der Waals surface area contributed by atoms with Crippen LogP contribution in [0, 0.1) is 57.3 Å². The van der Waals surface area contributed by atoms with Gasteiger partial charge in [0.15, 0.2) is 5.43 Å². The summed E-state index contributed by atoms with van der Waals surface area (Å²) in [6, 6.07) is 4.11. The Labute approximate surface area is 532 Å². The summed E-state index contributed by atoms with van der Waals surface area (Å²) in [6.45, 7) is 59.1. The quantitative estimate of drug-likeness (QED) is 0.0709. The molecule has 0 fully saturated rings. The smallest absolute Gasteiger partial charge is 0.240 e. The Kier molecular flexibility index (Phi) is 41.9. The molecule has 5 aromatic rings. The molecule has 5 aromatic heterocycles. The second-order valence-electron chi connectivity index (χ2n) is 22.7. The average molecular weight is 1270 g/mol. The lowest BCUT2D eigenvalue weighted by Gasteiger charge is -2.02. The highest BCUT2D eigenvalue weighted by atomic mass is 32.2. The molecular weight excluding hydrogens is 1160 g/mol. The Balaban J connectivity index is 0. The van der Waals surface area contributed by atoms with E-state index in [-0.39, 0.29) is 35.0 Å². The van der Waals surface area contributed by atoms with Crippen molar-refractivity contribution < 1.29 is 28.2 Å². The predicted octanol–water partition coefficient (Wildman–Crippen LogP) is 14.3. The van der Waals surface area contributed by atoms with Crippen LogP contribution in [0.15, 0.2) is 96.2 Å². The standard InChI is InChI=1S/C9H12O2.C7H11NO.C7H11NS.2C6H10N2O.2C6H10N2S.C5H9N3.2C5H11NO/c1-6(2)8-5-11-4-7(3)9(8)10;2*1-5(2)7-4-6(3)8-9-7;3*1-4(2)6-7-5(3)9-8-6;1-4(2)6-5(3)7-9-8-6;1-4(2)5-6-3-7-8-5;2*1-4(2)5(7)6-3/h4-6H,1-3H3;2*4-5H,1-3H3;3*4H,3H2,1-2H3,(H,7,8);4H,1-3H3;3-4H,1-2H3,(H,6,7,8);2*4H,1-3H3,(H,6,7). The van der Waals surface area contributed by atoms with Crippen molar-refractivity contribution in [3.05, 3.63) is 128 Å². The molecule has 3 aliphatic rings. The third kappa shape index (κ3) is 36.7. The number of aromatic amines is 1. The van der Waals surface area contributed by atoms with E-state index in [0.29, 0.717) is 58.8 Å². The fourth-order valence-corrected chi connectivity index (χ4v) is 7.77. The van der Waals surface area contributed by atoms with Gasteiger partial charge in [-0.1, -0.05) is 150 Å². The molecule has 87 heavy (non-hydrogen) atoms. The van der Waals surface area contributed by atoms with E-state index in [0.717, 1.165) is 62.5 Å². The summed E-state index contributed by atoms with van der Waals surface area (Å²) in [5, 5.41) is 16.2. The molecule has 0 unspecified atom stereocenters. The van der Waals surface area contributed by atoms with Gasteiger partial charge in [0, 0.05) is 89.5 Å². The summed E-state index contributed by atoms with van der Waals surface area (Å²) >= 11 is 4.39. The SMILES string of the molecule is C=C1N=C(C(C)C)NO1.C=C1N=C(C(C)C)NO1.C=C1N=C(C(C)C)NS1.CC(C)c1ncn[nH]1.CNC(=O)C(C)C.CNC(=O)C(C)C.Cc1cc(C(C)C)on1.Cc1cc(C(C)C)sn1.Cc1cocc(C(C)C)c1=O.Cc1nsnc1C(C)C. The molecule has 2 amide bonds. The van der Waals surface area contributed by atoms with Gasteiger partial charge in [0.2, 0.25) is 23.6 Å². The predicted molar refractivity (Wildman–Crippen MR) is 360 cm³/mol. The summed E-state index contributed by atoms with van der Waals surface area (Å²) in [4.78, 5) is 59.2. The fraction of sp³-hybridized carbons (Fsp3) is 0.581. The number of amides is 2. The topological polar surface area (TPSA) is 286 Å². The van der Waals surface area contributed by atoms with Crippen LogP contribution < -0.4 is 31.7 Å². The molecule has 22 nitrogen and oxygen atoms in total. The Bertz CT molecular complexity index is 2760. The van der Waals surface area contributed by atoms with Crippen LogP contribution in [0.2, 0.25) is 0 Å². The molecule has 0 bridgehead atoms. The van der Waals surface area contributed by atoms with Gasteiger partial charge in [0.25, 0.3) is 0 Å². The molecule has 0 atom stereocenters. The minimum Gasteiger partial charge on any atom is -0.472 e. The number of H-pyrrole nitrogens is 1. The number of aromatic nitrogens is 7. The Morgan fingerprint density at radius 1 is 0.586 bits per heavy atom. The summed E-state index contributed by atoms with van der Waals surface area (Å²) in [5.74, 6) is 9.50. The van der Waals surface area contributed by atoms with Gasteiger partial charge in [-0.05, 0) is 76.2 Å². The first-order valence-electron chi connectivity index (χ1n) is 29.1. The molecular formula is C62H105N15O7S3. The van der Waals surface area contributed by atoms with Crippen molar-refractivity contribution in [1.29, 1.82) is 0 Å². The minimum atomic E-state index is 0.0972. The van der Waals surface area contributed by atoms with Gasteiger partial charge < -0.3 is 34.0 Å². The fourth-order valence-electron chi connectivity index (χ4n) is 5.70. The number of hydroxylamine groups is 2. The second kappa shape index (κ2) is 44.4. The van der Waals surface area contributed by atoms with Crippen LogP contribution in [0.1, 0.15) is 218 Å². The number of carbonyl (C=O) groups excluding carboxylic acids is 2. The molecule has 0 radical (unpaired) electrons. The highest BCUT2D eigenvalue weighted by Gasteiger charge is 2.15. The monoisotopic (exact) mass is 1270 g/mol. The third-order valence-electron chi connectivity index (χ3n) is 11.1. The van der Waals surface area contributed by atoms with Gasteiger partial charge in [-0.15, -0.1) is 0 Å². The number of aliphatic imine (C=N–C) groups is 3. The number of amidine groups is 3. The summed E-state index contributed by atoms with van der Waals surface area (Å²) in [5.41, 5.74) is 11.2. The number of aryl methyl sites for hydroxylation is 4. The summed E-state index contributed by atoms with van der Waals surface area (Å²) in [7, 11) is 3.28. The van der Waals surface area contributed by atoms with Crippen molar-refractivity contribution in [2.45, 2.75) is 196 Å². The normalized spacial score (nSPS) is 12.5. The number of nitrogens with zero attached hydrogens (tertiary/aromatic N) is 9. The maximum Gasteiger partial charge on any atom is 0.240 e. The molecule has 8 rings (SSSR count). The van der Waals surface area contributed by atoms with Crippen LogP contribution in [0.4, 0.5) is 0 Å². The summed E-state index contributed by atoms with van der Waals surface area (Å²) in [6.07, 6.45) is 4.53. The van der Waals surface area contributed by atoms with E-state index in [1.807, 2.05) is 96.1 Å². The number of hydrogen-bond acceptors (Lipinski definition) is 22. The van der Waals surface area contributed by atoms with Crippen LogP contribution in [-0.2, 0) is 19.3 Å². The maximum absolute atomic E-state index is 11.4. The first kappa shape index (κ1) is 82.1. The second-order valence-corrected chi connectivity index (χ2v) is 25.0. The zero-order valence-corrected chi connectivity index (χ0v) is 59.3. The number of rotatable bonds is 10. The Hall–Kier alpha value is -6.99. The van der Waals surface area contributed by atoms with Crippen molar-refractivity contribution in [3.8, 4) is 0 Å². The molecule has 3 aliphatic heterocycles. The largest absolute Gasteiger partial charge is 0.472 e. The zero-order chi connectivity index (χ0) is 67.3. The van der Waals surface area contributed by atoms with Crippen LogP contribution in [0.25, 0.3) is 0 Å². The first-order valence-corrected chi connectivity index (χ1v) is 31.4. The van der Waals surface area contributed by atoms with Gasteiger partial charge in [-0.2, -0.15) is 28.2 Å². The van der Waals surface area contributed by atoms with E-state index in [1.165, 1.54) is 47.4 Å². The van der Waals surface area contributed by atoms with Crippen LogP contribution >= 0.6 is 35.2 Å². The molecule has 8 heterocycles. The van der Waals surface area contributed by atoms with E-state index < -0.39 is 0 Å². The number of carbonyl (C=O) groups is 2. The Morgan fingerprint density at radius 2 is 1.10 bits per heavy atom. The van der Waals surface area contributed by atoms with Gasteiger partial charge in [0.05, 0.1) is 47.0 Å². The van der Waals surface area contributed by atoms with Gasteiger partial charge in [-0.3, -0.25) is 19.5 Å². The van der Waals surface area contributed by atoms with Crippen molar-refractivity contribution in [2.24, 2.45) is 44.6 Å². The number of hydrogen-bond donors (Lipinski definition) is 6. The lowest BCUT2D eigenvalue weighted by molar-refractivity contribution is -0.124. The highest BCUT2D eigenvalue weighted by Crippen LogP contribution is 2.21. The highest BCUT2D eigenvalue weighted by molar-refractivity contribution is 8.02. The lowest BCUT2D eigenvalue weighted by atomic mass is 10.0.